The quantitative estimate of drug-likeness (QED) is 0.747. The molecule has 21 heavy (non-hydrogen) atoms. The van der Waals surface area contributed by atoms with Crippen LogP contribution in [0.2, 0.25) is 0 Å². The zero-order valence-corrected chi connectivity index (χ0v) is 12.0. The third-order valence-electron chi connectivity index (χ3n) is 4.05. The topological polar surface area (TPSA) is 58.3 Å². The van der Waals surface area contributed by atoms with E-state index in [1.54, 1.807) is 0 Å². The van der Waals surface area contributed by atoms with Crippen molar-refractivity contribution in [2.24, 2.45) is 5.92 Å². The molecule has 0 radical (unpaired) electrons. The summed E-state index contributed by atoms with van der Waals surface area (Å²) in [6, 6.07) is 3.22. The molecular formula is C15H21F3N2O. The fraction of sp³-hybridized carbons (Fsp3) is 0.600. The van der Waals surface area contributed by atoms with E-state index in [1.807, 2.05) is 0 Å². The predicted molar refractivity (Wildman–Crippen MR) is 76.9 cm³/mol. The van der Waals surface area contributed by atoms with E-state index >= 15 is 0 Å². The van der Waals surface area contributed by atoms with Crippen LogP contribution in [0.15, 0.2) is 18.2 Å². The molecule has 4 N–H and O–H groups in total. The third-order valence-corrected chi connectivity index (χ3v) is 4.05. The van der Waals surface area contributed by atoms with Crippen molar-refractivity contribution in [2.45, 2.75) is 44.4 Å². The maximum Gasteiger partial charge on any atom is 0.416 e. The fourth-order valence-corrected chi connectivity index (χ4v) is 2.95. The van der Waals surface area contributed by atoms with Gasteiger partial charge in [0.2, 0.25) is 0 Å². The Labute approximate surface area is 122 Å². The van der Waals surface area contributed by atoms with E-state index in [0.717, 1.165) is 25.0 Å². The van der Waals surface area contributed by atoms with E-state index in [-0.39, 0.29) is 5.69 Å². The number of nitrogens with two attached hydrogens (primary N) is 1. The van der Waals surface area contributed by atoms with Crippen molar-refractivity contribution in [3.05, 3.63) is 23.8 Å². The minimum Gasteiger partial charge on any atom is -0.397 e. The fourth-order valence-electron chi connectivity index (χ4n) is 2.95. The van der Waals surface area contributed by atoms with Crippen molar-refractivity contribution >= 4 is 11.4 Å². The van der Waals surface area contributed by atoms with Gasteiger partial charge in [-0.15, -0.1) is 0 Å². The van der Waals surface area contributed by atoms with Gasteiger partial charge in [-0.2, -0.15) is 13.2 Å². The molecule has 2 rings (SSSR count). The van der Waals surface area contributed by atoms with Gasteiger partial charge in [0.25, 0.3) is 0 Å². The van der Waals surface area contributed by atoms with E-state index < -0.39 is 17.3 Å². The second-order valence-electron chi connectivity index (χ2n) is 6.08. The highest BCUT2D eigenvalue weighted by atomic mass is 19.4. The zero-order chi connectivity index (χ0) is 15.7. The van der Waals surface area contributed by atoms with Crippen LogP contribution in [-0.2, 0) is 6.18 Å². The Kier molecular flexibility index (Phi) is 4.37. The standard InChI is InChI=1S/C15H21F3N2O/c1-10-3-2-6-14(21,8-10)9-20-13-5-4-11(7-12(13)19)15(16,17)18/h4-5,7,10,20-21H,2-3,6,8-9,19H2,1H3. The summed E-state index contributed by atoms with van der Waals surface area (Å²) < 4.78 is 37.7. The van der Waals surface area contributed by atoms with Crippen molar-refractivity contribution in [1.29, 1.82) is 0 Å². The second-order valence-corrected chi connectivity index (χ2v) is 6.08. The molecule has 3 nitrogen and oxygen atoms in total. The number of hydrogen-bond donors (Lipinski definition) is 3. The number of anilines is 2. The lowest BCUT2D eigenvalue weighted by Crippen LogP contribution is -2.41. The van der Waals surface area contributed by atoms with Gasteiger partial charge >= 0.3 is 6.18 Å². The largest absolute Gasteiger partial charge is 0.416 e. The Balaban J connectivity index is 2.03. The Bertz CT molecular complexity index is 504. The summed E-state index contributed by atoms with van der Waals surface area (Å²) in [6.45, 7) is 2.39. The second kappa shape index (κ2) is 5.75. The van der Waals surface area contributed by atoms with Gasteiger partial charge in [0.15, 0.2) is 0 Å². The van der Waals surface area contributed by atoms with Crippen LogP contribution in [0.25, 0.3) is 0 Å². The molecule has 1 fully saturated rings. The Morgan fingerprint density at radius 1 is 1.43 bits per heavy atom. The molecule has 1 aliphatic carbocycles. The molecule has 0 aliphatic heterocycles. The van der Waals surface area contributed by atoms with Crippen LogP contribution in [0, 0.1) is 5.92 Å². The van der Waals surface area contributed by atoms with Gasteiger partial charge in [-0.1, -0.05) is 19.8 Å². The molecule has 0 bridgehead atoms. The third kappa shape index (κ3) is 4.03. The van der Waals surface area contributed by atoms with E-state index in [1.165, 1.54) is 6.07 Å². The summed E-state index contributed by atoms with van der Waals surface area (Å²) in [6.07, 6.45) is -0.943. The lowest BCUT2D eigenvalue weighted by Gasteiger charge is -2.36. The van der Waals surface area contributed by atoms with E-state index in [2.05, 4.69) is 12.2 Å². The molecule has 0 spiro atoms. The molecule has 1 aliphatic rings. The highest BCUT2D eigenvalue weighted by Crippen LogP contribution is 2.35. The number of nitrogen functional groups attached to an aromatic ring is 1. The molecule has 0 amide bonds. The molecule has 0 heterocycles. The van der Waals surface area contributed by atoms with Crippen LogP contribution >= 0.6 is 0 Å². The van der Waals surface area contributed by atoms with Crippen LogP contribution < -0.4 is 11.1 Å². The lowest BCUT2D eigenvalue weighted by molar-refractivity contribution is -0.137. The Morgan fingerprint density at radius 2 is 2.14 bits per heavy atom. The number of nitrogens with one attached hydrogen (secondary N) is 1. The first-order valence-corrected chi connectivity index (χ1v) is 7.13. The number of rotatable bonds is 3. The minimum atomic E-state index is -4.40. The van der Waals surface area contributed by atoms with Crippen molar-refractivity contribution in [2.75, 3.05) is 17.6 Å². The van der Waals surface area contributed by atoms with E-state index in [0.29, 0.717) is 31.0 Å². The smallest absolute Gasteiger partial charge is 0.397 e. The van der Waals surface area contributed by atoms with Crippen molar-refractivity contribution in [3.63, 3.8) is 0 Å². The van der Waals surface area contributed by atoms with E-state index in [4.69, 9.17) is 5.73 Å². The molecule has 0 aromatic heterocycles. The minimum absolute atomic E-state index is 0.0392. The zero-order valence-electron chi connectivity index (χ0n) is 12.0. The van der Waals surface area contributed by atoms with Gasteiger partial charge in [-0.25, -0.2) is 0 Å². The molecular weight excluding hydrogens is 281 g/mol. The average Bonchev–Trinajstić information content (AvgIpc) is 2.36. The molecule has 1 aromatic carbocycles. The summed E-state index contributed by atoms with van der Waals surface area (Å²) in [5.41, 5.74) is 4.54. The molecule has 1 aromatic rings. The monoisotopic (exact) mass is 302 g/mol. The first-order valence-electron chi connectivity index (χ1n) is 7.13. The van der Waals surface area contributed by atoms with Gasteiger partial charge in [0.05, 0.1) is 22.5 Å². The molecule has 118 valence electrons. The first kappa shape index (κ1) is 15.9. The highest BCUT2D eigenvalue weighted by Gasteiger charge is 2.33. The Hall–Kier alpha value is -1.43. The molecule has 6 heteroatoms. The molecule has 1 saturated carbocycles. The van der Waals surface area contributed by atoms with Crippen LogP contribution in [0.3, 0.4) is 0 Å². The van der Waals surface area contributed by atoms with Gasteiger partial charge in [-0.3, -0.25) is 0 Å². The van der Waals surface area contributed by atoms with Gasteiger partial charge in [-0.05, 0) is 37.0 Å². The number of aliphatic hydroxyl groups is 1. The summed E-state index contributed by atoms with van der Waals surface area (Å²) in [5, 5.41) is 13.5. The number of alkyl halides is 3. The number of benzene rings is 1. The number of hydrogen-bond acceptors (Lipinski definition) is 3. The first-order chi connectivity index (χ1) is 9.70. The van der Waals surface area contributed by atoms with Gasteiger partial charge < -0.3 is 16.2 Å². The van der Waals surface area contributed by atoms with E-state index in [9.17, 15) is 18.3 Å². The van der Waals surface area contributed by atoms with Crippen molar-refractivity contribution in [1.82, 2.24) is 0 Å². The maximum absolute atomic E-state index is 12.6. The van der Waals surface area contributed by atoms with Gasteiger partial charge in [0, 0.05) is 6.54 Å². The highest BCUT2D eigenvalue weighted by molar-refractivity contribution is 5.67. The SMILES string of the molecule is CC1CCCC(O)(CNc2ccc(C(F)(F)F)cc2N)C1. The van der Waals surface area contributed by atoms with Crippen molar-refractivity contribution in [3.8, 4) is 0 Å². The summed E-state index contributed by atoms with van der Waals surface area (Å²) >= 11 is 0. The van der Waals surface area contributed by atoms with Crippen LogP contribution in [0.4, 0.5) is 24.5 Å². The maximum atomic E-state index is 12.6. The number of halogens is 3. The van der Waals surface area contributed by atoms with Crippen LogP contribution in [-0.4, -0.2) is 17.3 Å². The lowest BCUT2D eigenvalue weighted by atomic mass is 9.79. The average molecular weight is 302 g/mol. The van der Waals surface area contributed by atoms with Crippen molar-refractivity contribution < 1.29 is 18.3 Å². The van der Waals surface area contributed by atoms with Gasteiger partial charge in [0.1, 0.15) is 0 Å². The molecule has 2 atom stereocenters. The summed E-state index contributed by atoms with van der Waals surface area (Å²) in [4.78, 5) is 0. The molecule has 0 saturated heterocycles. The summed E-state index contributed by atoms with van der Waals surface area (Å²) in [7, 11) is 0. The summed E-state index contributed by atoms with van der Waals surface area (Å²) in [5.74, 6) is 0.454. The normalized spacial score (nSPS) is 26.6. The predicted octanol–water partition coefficient (Wildman–Crippen LogP) is 3.64. The Morgan fingerprint density at radius 3 is 2.71 bits per heavy atom. The molecule has 2 unspecified atom stereocenters. The van der Waals surface area contributed by atoms with Crippen LogP contribution in [0.1, 0.15) is 38.2 Å². The van der Waals surface area contributed by atoms with Crippen LogP contribution in [0.5, 0.6) is 0 Å².